The van der Waals surface area contributed by atoms with Crippen LogP contribution in [0.5, 0.6) is 0 Å². The van der Waals surface area contributed by atoms with Gasteiger partial charge in [-0.05, 0) is 38.0 Å². The average Bonchev–Trinajstić information content (AvgIpc) is 2.07. The van der Waals surface area contributed by atoms with Gasteiger partial charge in [-0.1, -0.05) is 12.1 Å². The Kier molecular flexibility index (Phi) is 2.92. The van der Waals surface area contributed by atoms with Crippen molar-refractivity contribution in [1.29, 1.82) is 0 Å². The summed E-state index contributed by atoms with van der Waals surface area (Å²) in [6.07, 6.45) is 1.16. The Labute approximate surface area is 90.0 Å². The van der Waals surface area contributed by atoms with Crippen molar-refractivity contribution in [1.82, 2.24) is 0 Å². The highest BCUT2D eigenvalue weighted by atomic mass is 32.2. The second kappa shape index (κ2) is 3.59. The molecular formula is C11H15FO2S. The van der Waals surface area contributed by atoms with Crippen molar-refractivity contribution in [2.75, 3.05) is 6.26 Å². The summed E-state index contributed by atoms with van der Waals surface area (Å²) < 4.78 is 35.3. The van der Waals surface area contributed by atoms with E-state index in [1.165, 1.54) is 6.07 Å². The summed E-state index contributed by atoms with van der Waals surface area (Å²) in [6, 6.07) is 4.54. The van der Waals surface area contributed by atoms with E-state index in [2.05, 4.69) is 0 Å². The van der Waals surface area contributed by atoms with Crippen molar-refractivity contribution in [3.8, 4) is 0 Å². The molecule has 84 valence electrons. The molecule has 0 fully saturated rings. The predicted molar refractivity (Wildman–Crippen MR) is 59.0 cm³/mol. The van der Waals surface area contributed by atoms with Gasteiger partial charge in [0.05, 0.1) is 4.75 Å². The number of benzene rings is 1. The molecule has 0 atom stereocenters. The first kappa shape index (κ1) is 12.2. The molecule has 1 aromatic rings. The maximum Gasteiger partial charge on any atom is 0.156 e. The molecule has 0 aromatic heterocycles. The van der Waals surface area contributed by atoms with Crippen molar-refractivity contribution < 1.29 is 12.8 Å². The van der Waals surface area contributed by atoms with Crippen LogP contribution >= 0.6 is 0 Å². The van der Waals surface area contributed by atoms with E-state index in [9.17, 15) is 12.8 Å². The average molecular weight is 230 g/mol. The molecule has 15 heavy (non-hydrogen) atoms. The van der Waals surface area contributed by atoms with Crippen molar-refractivity contribution in [3.63, 3.8) is 0 Å². The minimum Gasteiger partial charge on any atom is -0.228 e. The van der Waals surface area contributed by atoms with Crippen LogP contribution in [0.4, 0.5) is 4.39 Å². The Morgan fingerprint density at radius 1 is 1.27 bits per heavy atom. The number of aryl methyl sites for hydroxylation is 1. The standard InChI is InChI=1S/C11H15FO2S/c1-8-5-6-9(7-10(8)12)11(2,3)15(4,13)14/h5-7H,1-4H3. The SMILES string of the molecule is Cc1ccc(C(C)(C)S(C)(=O)=O)cc1F. The molecule has 2 nitrogen and oxygen atoms in total. The maximum absolute atomic E-state index is 13.3. The van der Waals surface area contributed by atoms with Crippen LogP contribution in [0, 0.1) is 12.7 Å². The molecule has 0 bridgehead atoms. The van der Waals surface area contributed by atoms with Crippen LogP contribution in [0.15, 0.2) is 18.2 Å². The molecule has 4 heteroatoms. The van der Waals surface area contributed by atoms with E-state index in [0.717, 1.165) is 6.26 Å². The fraction of sp³-hybridized carbons (Fsp3) is 0.455. The van der Waals surface area contributed by atoms with Gasteiger partial charge >= 0.3 is 0 Å². The van der Waals surface area contributed by atoms with Crippen molar-refractivity contribution in [2.24, 2.45) is 0 Å². The first-order valence-electron chi connectivity index (χ1n) is 4.62. The summed E-state index contributed by atoms with van der Waals surface area (Å²) in [5.74, 6) is -0.371. The maximum atomic E-state index is 13.3. The van der Waals surface area contributed by atoms with Crippen molar-refractivity contribution in [2.45, 2.75) is 25.5 Å². The second-order valence-corrected chi connectivity index (χ2v) is 6.81. The van der Waals surface area contributed by atoms with Gasteiger partial charge in [0, 0.05) is 6.26 Å². The van der Waals surface area contributed by atoms with Gasteiger partial charge in [0.15, 0.2) is 9.84 Å². The van der Waals surface area contributed by atoms with E-state index in [1.807, 2.05) is 0 Å². The Morgan fingerprint density at radius 3 is 2.20 bits per heavy atom. The number of rotatable bonds is 2. The fourth-order valence-corrected chi connectivity index (χ4v) is 1.74. The third-order valence-corrected chi connectivity index (χ3v) is 4.88. The summed E-state index contributed by atoms with van der Waals surface area (Å²) in [6.45, 7) is 4.80. The van der Waals surface area contributed by atoms with Crippen LogP contribution in [0.25, 0.3) is 0 Å². The number of sulfone groups is 1. The lowest BCUT2D eigenvalue weighted by molar-refractivity contribution is 0.558. The monoisotopic (exact) mass is 230 g/mol. The van der Waals surface area contributed by atoms with E-state index < -0.39 is 14.6 Å². The van der Waals surface area contributed by atoms with Gasteiger partial charge in [-0.2, -0.15) is 0 Å². The molecule has 0 heterocycles. The molecule has 0 aliphatic heterocycles. The summed E-state index contributed by atoms with van der Waals surface area (Å²) >= 11 is 0. The van der Waals surface area contributed by atoms with Crippen LogP contribution in [0.1, 0.15) is 25.0 Å². The summed E-state index contributed by atoms with van der Waals surface area (Å²) in [5, 5.41) is 0. The first-order valence-corrected chi connectivity index (χ1v) is 6.51. The summed E-state index contributed by atoms with van der Waals surface area (Å²) in [7, 11) is -3.25. The van der Waals surface area contributed by atoms with E-state index in [4.69, 9.17) is 0 Å². The van der Waals surface area contributed by atoms with Crippen molar-refractivity contribution in [3.05, 3.63) is 35.1 Å². The molecule has 0 N–H and O–H groups in total. The van der Waals surface area contributed by atoms with Gasteiger partial charge < -0.3 is 0 Å². The molecule has 0 unspecified atom stereocenters. The van der Waals surface area contributed by atoms with E-state index in [-0.39, 0.29) is 5.82 Å². The van der Waals surface area contributed by atoms with Gasteiger partial charge in [-0.15, -0.1) is 0 Å². The topological polar surface area (TPSA) is 34.1 Å². The Balaban J connectivity index is 3.35. The highest BCUT2D eigenvalue weighted by molar-refractivity contribution is 7.91. The normalized spacial score (nSPS) is 12.9. The third-order valence-electron chi connectivity index (χ3n) is 2.79. The second-order valence-electron chi connectivity index (χ2n) is 4.25. The van der Waals surface area contributed by atoms with E-state index >= 15 is 0 Å². The molecule has 0 saturated heterocycles. The Bertz CT molecular complexity index is 475. The molecule has 0 radical (unpaired) electrons. The molecule has 0 aliphatic rings. The zero-order chi connectivity index (χ0) is 11.9. The minimum atomic E-state index is -3.25. The zero-order valence-corrected chi connectivity index (χ0v) is 10.2. The van der Waals surface area contributed by atoms with E-state index in [1.54, 1.807) is 32.9 Å². The molecule has 0 amide bonds. The minimum absolute atomic E-state index is 0.371. The lowest BCUT2D eigenvalue weighted by Crippen LogP contribution is -2.28. The molecule has 1 aromatic carbocycles. The lowest BCUT2D eigenvalue weighted by atomic mass is 10.0. The molecule has 0 spiro atoms. The van der Waals surface area contributed by atoms with Gasteiger partial charge in [-0.3, -0.25) is 0 Å². The predicted octanol–water partition coefficient (Wildman–Crippen LogP) is 2.41. The van der Waals surface area contributed by atoms with Crippen molar-refractivity contribution >= 4 is 9.84 Å². The molecule has 1 rings (SSSR count). The van der Waals surface area contributed by atoms with Crippen LogP contribution in [0.2, 0.25) is 0 Å². The highest BCUT2D eigenvalue weighted by Gasteiger charge is 2.32. The summed E-state index contributed by atoms with van der Waals surface area (Å²) in [5.41, 5.74) is 0.996. The van der Waals surface area contributed by atoms with Gasteiger partial charge in [0.1, 0.15) is 5.82 Å². The molecule has 0 aliphatic carbocycles. The van der Waals surface area contributed by atoms with Gasteiger partial charge in [0.2, 0.25) is 0 Å². The van der Waals surface area contributed by atoms with Gasteiger partial charge in [-0.25, -0.2) is 12.8 Å². The fourth-order valence-electron chi connectivity index (χ4n) is 1.18. The number of hydrogen-bond acceptors (Lipinski definition) is 2. The van der Waals surface area contributed by atoms with Crippen LogP contribution in [0.3, 0.4) is 0 Å². The van der Waals surface area contributed by atoms with Crippen LogP contribution in [-0.4, -0.2) is 14.7 Å². The quantitative estimate of drug-likeness (QED) is 0.782. The number of hydrogen-bond donors (Lipinski definition) is 0. The largest absolute Gasteiger partial charge is 0.228 e. The van der Waals surface area contributed by atoms with Crippen LogP contribution < -0.4 is 0 Å². The molecular weight excluding hydrogens is 215 g/mol. The number of halogens is 1. The molecule has 0 saturated carbocycles. The van der Waals surface area contributed by atoms with Crippen LogP contribution in [-0.2, 0) is 14.6 Å². The zero-order valence-electron chi connectivity index (χ0n) is 9.33. The highest BCUT2D eigenvalue weighted by Crippen LogP contribution is 2.29. The van der Waals surface area contributed by atoms with Gasteiger partial charge in [0.25, 0.3) is 0 Å². The van der Waals surface area contributed by atoms with E-state index in [0.29, 0.717) is 11.1 Å². The first-order chi connectivity index (χ1) is 6.66. The lowest BCUT2D eigenvalue weighted by Gasteiger charge is -2.23. The third kappa shape index (κ3) is 2.20. The smallest absolute Gasteiger partial charge is 0.156 e. The summed E-state index contributed by atoms with van der Waals surface area (Å²) in [4.78, 5) is 0. The Hall–Kier alpha value is -0.900. The Morgan fingerprint density at radius 2 is 1.80 bits per heavy atom.